The maximum absolute atomic E-state index is 10.8. The second-order valence-electron chi connectivity index (χ2n) is 4.30. The van der Waals surface area contributed by atoms with Crippen LogP contribution in [-0.2, 0) is 4.79 Å². The molecule has 1 atom stereocenters. The highest BCUT2D eigenvalue weighted by molar-refractivity contribution is 6.32. The average molecular weight is 254 g/mol. The molecule has 4 heteroatoms. The molecule has 2 rings (SSSR count). The fraction of sp³-hybridized carbons (Fsp3) is 0.462. The van der Waals surface area contributed by atoms with Gasteiger partial charge in [0.2, 0.25) is 0 Å². The lowest BCUT2D eigenvalue weighted by Crippen LogP contribution is -2.35. The summed E-state index contributed by atoms with van der Waals surface area (Å²) in [4.78, 5) is 13.1. The van der Waals surface area contributed by atoms with E-state index in [1.807, 2.05) is 18.2 Å². The molecule has 1 fully saturated rings. The SMILES string of the molecule is COc1cc(N2CCC[C@@H](C=O)C2)ccc1Cl. The molecule has 0 aromatic heterocycles. The Hall–Kier alpha value is -1.22. The summed E-state index contributed by atoms with van der Waals surface area (Å²) in [6.45, 7) is 1.77. The standard InChI is InChI=1S/C13H16ClNO2/c1-17-13-7-11(4-5-12(13)14)15-6-2-3-10(8-15)9-16/h4-5,7,9-10H,2-3,6,8H2,1H3/t10-/m1/s1. The first-order chi connectivity index (χ1) is 8.24. The summed E-state index contributed by atoms with van der Waals surface area (Å²) in [5.74, 6) is 0.822. The Labute approximate surface area is 106 Å². The van der Waals surface area contributed by atoms with Crippen molar-refractivity contribution in [1.82, 2.24) is 0 Å². The number of hydrogen-bond acceptors (Lipinski definition) is 3. The van der Waals surface area contributed by atoms with Crippen LogP contribution < -0.4 is 9.64 Å². The largest absolute Gasteiger partial charge is 0.495 e. The number of hydrogen-bond donors (Lipinski definition) is 0. The predicted octanol–water partition coefficient (Wildman–Crippen LogP) is 2.76. The first kappa shape index (κ1) is 12.2. The predicted molar refractivity (Wildman–Crippen MR) is 69.0 cm³/mol. The molecule has 0 saturated carbocycles. The molecule has 1 aliphatic heterocycles. The van der Waals surface area contributed by atoms with E-state index in [1.165, 1.54) is 0 Å². The zero-order chi connectivity index (χ0) is 12.3. The van der Waals surface area contributed by atoms with Crippen molar-refractivity contribution in [3.8, 4) is 5.75 Å². The Kier molecular flexibility index (Phi) is 3.89. The second kappa shape index (κ2) is 5.41. The van der Waals surface area contributed by atoms with E-state index in [-0.39, 0.29) is 5.92 Å². The van der Waals surface area contributed by atoms with Crippen LogP contribution in [0.3, 0.4) is 0 Å². The molecule has 0 spiro atoms. The van der Waals surface area contributed by atoms with Crippen molar-refractivity contribution in [2.24, 2.45) is 5.92 Å². The van der Waals surface area contributed by atoms with E-state index in [2.05, 4.69) is 4.90 Å². The zero-order valence-corrected chi connectivity index (χ0v) is 10.6. The highest BCUT2D eigenvalue weighted by atomic mass is 35.5. The van der Waals surface area contributed by atoms with Crippen LogP contribution in [0, 0.1) is 5.92 Å². The molecule has 1 aromatic rings. The van der Waals surface area contributed by atoms with Gasteiger partial charge in [-0.15, -0.1) is 0 Å². The van der Waals surface area contributed by atoms with E-state index in [4.69, 9.17) is 16.3 Å². The molecule has 0 unspecified atom stereocenters. The lowest BCUT2D eigenvalue weighted by atomic mass is 9.99. The second-order valence-corrected chi connectivity index (χ2v) is 4.71. The lowest BCUT2D eigenvalue weighted by molar-refractivity contribution is -0.111. The fourth-order valence-corrected chi connectivity index (χ4v) is 2.40. The quantitative estimate of drug-likeness (QED) is 0.776. The van der Waals surface area contributed by atoms with Crippen molar-refractivity contribution < 1.29 is 9.53 Å². The van der Waals surface area contributed by atoms with Gasteiger partial charge >= 0.3 is 0 Å². The van der Waals surface area contributed by atoms with Crippen LogP contribution in [0.1, 0.15) is 12.8 Å². The number of anilines is 1. The van der Waals surface area contributed by atoms with Gasteiger partial charge in [-0.25, -0.2) is 0 Å². The van der Waals surface area contributed by atoms with E-state index in [0.717, 1.165) is 37.9 Å². The summed E-state index contributed by atoms with van der Waals surface area (Å²) in [5.41, 5.74) is 1.07. The maximum atomic E-state index is 10.8. The van der Waals surface area contributed by atoms with Gasteiger partial charge in [0.05, 0.1) is 12.1 Å². The van der Waals surface area contributed by atoms with E-state index in [1.54, 1.807) is 7.11 Å². The minimum atomic E-state index is 0.144. The average Bonchev–Trinajstić information content (AvgIpc) is 2.39. The number of aldehydes is 1. The van der Waals surface area contributed by atoms with Gasteiger partial charge in [0, 0.05) is 30.8 Å². The number of carbonyl (C=O) groups excluding carboxylic acids is 1. The minimum absolute atomic E-state index is 0.144. The number of carbonyl (C=O) groups is 1. The third-order valence-electron chi connectivity index (χ3n) is 3.15. The minimum Gasteiger partial charge on any atom is -0.495 e. The van der Waals surface area contributed by atoms with Crippen molar-refractivity contribution in [3.05, 3.63) is 23.2 Å². The molecule has 1 aromatic carbocycles. The summed E-state index contributed by atoms with van der Waals surface area (Å²) in [6.07, 6.45) is 3.10. The molecule has 0 amide bonds. The van der Waals surface area contributed by atoms with E-state index >= 15 is 0 Å². The Balaban J connectivity index is 2.18. The van der Waals surface area contributed by atoms with Crippen LogP contribution in [0.4, 0.5) is 5.69 Å². The summed E-state index contributed by atoms with van der Waals surface area (Å²) in [5, 5.41) is 0.611. The normalized spacial score (nSPS) is 20.1. The van der Waals surface area contributed by atoms with Crippen LogP contribution in [-0.4, -0.2) is 26.5 Å². The maximum Gasteiger partial charge on any atom is 0.139 e. The van der Waals surface area contributed by atoms with Gasteiger partial charge in [-0.05, 0) is 25.0 Å². The van der Waals surface area contributed by atoms with Crippen LogP contribution in [0.15, 0.2) is 18.2 Å². The number of halogens is 1. The molecule has 3 nitrogen and oxygen atoms in total. The fourth-order valence-electron chi connectivity index (χ4n) is 2.20. The molecule has 0 N–H and O–H groups in total. The summed E-state index contributed by atoms with van der Waals surface area (Å²) in [6, 6.07) is 5.73. The van der Waals surface area contributed by atoms with E-state index in [9.17, 15) is 4.79 Å². The van der Waals surface area contributed by atoms with Crippen LogP contribution in [0.2, 0.25) is 5.02 Å². The zero-order valence-electron chi connectivity index (χ0n) is 9.86. The summed E-state index contributed by atoms with van der Waals surface area (Å²) >= 11 is 5.99. The molecular weight excluding hydrogens is 238 g/mol. The number of piperidine rings is 1. The Bertz CT molecular complexity index is 408. The number of benzene rings is 1. The highest BCUT2D eigenvalue weighted by Gasteiger charge is 2.20. The van der Waals surface area contributed by atoms with Crippen LogP contribution in [0.5, 0.6) is 5.75 Å². The van der Waals surface area contributed by atoms with Gasteiger partial charge in [0.25, 0.3) is 0 Å². The topological polar surface area (TPSA) is 29.5 Å². The Morgan fingerprint density at radius 3 is 3.06 bits per heavy atom. The number of ether oxygens (including phenoxy) is 1. The molecule has 1 aliphatic rings. The van der Waals surface area contributed by atoms with E-state index < -0.39 is 0 Å². The molecule has 1 saturated heterocycles. The van der Waals surface area contributed by atoms with Gasteiger partial charge in [-0.2, -0.15) is 0 Å². The molecule has 0 aliphatic carbocycles. The van der Waals surface area contributed by atoms with Gasteiger partial charge in [0.15, 0.2) is 0 Å². The smallest absolute Gasteiger partial charge is 0.139 e. The number of rotatable bonds is 3. The van der Waals surface area contributed by atoms with Gasteiger partial charge in [-0.3, -0.25) is 0 Å². The third kappa shape index (κ3) is 2.72. The summed E-state index contributed by atoms with van der Waals surface area (Å²) < 4.78 is 5.20. The Morgan fingerprint density at radius 2 is 2.35 bits per heavy atom. The molecule has 92 valence electrons. The van der Waals surface area contributed by atoms with Crippen molar-refractivity contribution in [2.45, 2.75) is 12.8 Å². The van der Waals surface area contributed by atoms with Gasteiger partial charge in [0.1, 0.15) is 12.0 Å². The molecular formula is C13H16ClNO2. The molecule has 0 radical (unpaired) electrons. The highest BCUT2D eigenvalue weighted by Crippen LogP contribution is 2.31. The Morgan fingerprint density at radius 1 is 1.53 bits per heavy atom. The van der Waals surface area contributed by atoms with Gasteiger partial charge in [-0.1, -0.05) is 11.6 Å². The molecule has 1 heterocycles. The van der Waals surface area contributed by atoms with Crippen molar-refractivity contribution in [2.75, 3.05) is 25.1 Å². The van der Waals surface area contributed by atoms with Crippen molar-refractivity contribution in [1.29, 1.82) is 0 Å². The molecule has 0 bridgehead atoms. The lowest BCUT2D eigenvalue weighted by Gasteiger charge is -2.32. The number of methoxy groups -OCH3 is 1. The first-order valence-corrected chi connectivity index (χ1v) is 6.16. The molecule has 17 heavy (non-hydrogen) atoms. The first-order valence-electron chi connectivity index (χ1n) is 5.78. The van der Waals surface area contributed by atoms with Crippen LogP contribution in [0.25, 0.3) is 0 Å². The van der Waals surface area contributed by atoms with E-state index in [0.29, 0.717) is 10.8 Å². The van der Waals surface area contributed by atoms with Crippen molar-refractivity contribution >= 4 is 23.6 Å². The monoisotopic (exact) mass is 253 g/mol. The third-order valence-corrected chi connectivity index (χ3v) is 3.46. The van der Waals surface area contributed by atoms with Crippen LogP contribution >= 0.6 is 11.6 Å². The summed E-state index contributed by atoms with van der Waals surface area (Å²) in [7, 11) is 1.61. The van der Waals surface area contributed by atoms with Gasteiger partial charge < -0.3 is 14.4 Å². The van der Waals surface area contributed by atoms with Crippen molar-refractivity contribution in [3.63, 3.8) is 0 Å². The number of nitrogens with zero attached hydrogens (tertiary/aromatic N) is 1.